The van der Waals surface area contributed by atoms with E-state index in [0.29, 0.717) is 12.0 Å². The van der Waals surface area contributed by atoms with E-state index >= 15 is 0 Å². The van der Waals surface area contributed by atoms with Crippen molar-refractivity contribution in [1.82, 2.24) is 5.32 Å². The molecule has 1 aromatic rings. The van der Waals surface area contributed by atoms with Crippen molar-refractivity contribution in [2.45, 2.75) is 39.9 Å². The molecule has 0 aliphatic heterocycles. The first-order valence-electron chi connectivity index (χ1n) is 6.01. The van der Waals surface area contributed by atoms with Gasteiger partial charge in [-0.05, 0) is 23.1 Å². The molecule has 0 bridgehead atoms. The molecule has 0 aromatic heterocycles. The van der Waals surface area contributed by atoms with E-state index in [9.17, 15) is 18.0 Å². The average molecular weight is 273 g/mol. The van der Waals surface area contributed by atoms with E-state index in [1.807, 2.05) is 20.8 Å². The van der Waals surface area contributed by atoms with Crippen molar-refractivity contribution in [1.29, 1.82) is 0 Å². The Morgan fingerprint density at radius 2 is 1.63 bits per heavy atom. The maximum absolute atomic E-state index is 12.3. The molecular weight excluding hydrogens is 255 g/mol. The number of rotatable bonds is 3. The molecule has 19 heavy (non-hydrogen) atoms. The second kappa shape index (κ2) is 5.63. The van der Waals surface area contributed by atoms with Crippen molar-refractivity contribution in [3.05, 3.63) is 35.4 Å². The van der Waals surface area contributed by atoms with Gasteiger partial charge in [0.25, 0.3) is 0 Å². The van der Waals surface area contributed by atoms with E-state index in [0.717, 1.165) is 12.1 Å². The average Bonchev–Trinajstić information content (AvgIpc) is 2.23. The Kier molecular flexibility index (Phi) is 4.61. The summed E-state index contributed by atoms with van der Waals surface area (Å²) in [6, 6.07) is 4.79. The monoisotopic (exact) mass is 273 g/mol. The van der Waals surface area contributed by atoms with Crippen molar-refractivity contribution in [2.24, 2.45) is 5.41 Å². The molecular formula is C14H18F3NO. The van der Waals surface area contributed by atoms with Crippen LogP contribution in [0.1, 0.15) is 38.3 Å². The molecule has 0 saturated heterocycles. The fraction of sp³-hybridized carbons (Fsp3) is 0.500. The van der Waals surface area contributed by atoms with Crippen molar-refractivity contribution in [3.8, 4) is 0 Å². The number of benzene rings is 1. The van der Waals surface area contributed by atoms with Crippen LogP contribution in [0.15, 0.2) is 24.3 Å². The maximum atomic E-state index is 12.3. The van der Waals surface area contributed by atoms with Gasteiger partial charge in [-0.3, -0.25) is 4.79 Å². The van der Waals surface area contributed by atoms with Gasteiger partial charge >= 0.3 is 6.18 Å². The van der Waals surface area contributed by atoms with Gasteiger partial charge in [-0.2, -0.15) is 13.2 Å². The highest BCUT2D eigenvalue weighted by atomic mass is 19.4. The summed E-state index contributed by atoms with van der Waals surface area (Å²) in [5.74, 6) is -0.104. The van der Waals surface area contributed by atoms with Crippen molar-refractivity contribution >= 4 is 5.91 Å². The highest BCUT2D eigenvalue weighted by Crippen LogP contribution is 2.29. The largest absolute Gasteiger partial charge is 0.416 e. The van der Waals surface area contributed by atoms with Crippen molar-refractivity contribution in [2.75, 3.05) is 0 Å². The Hall–Kier alpha value is -1.52. The lowest BCUT2D eigenvalue weighted by atomic mass is 9.92. The predicted molar refractivity (Wildman–Crippen MR) is 67.4 cm³/mol. The molecule has 106 valence electrons. The van der Waals surface area contributed by atoms with E-state index < -0.39 is 11.7 Å². The lowest BCUT2D eigenvalue weighted by molar-refractivity contribution is -0.137. The first-order chi connectivity index (χ1) is 8.58. The smallest absolute Gasteiger partial charge is 0.352 e. The molecule has 1 amide bonds. The fourth-order valence-corrected chi connectivity index (χ4v) is 1.56. The molecule has 0 atom stereocenters. The Balaban J connectivity index is 2.53. The highest BCUT2D eigenvalue weighted by Gasteiger charge is 2.29. The first kappa shape index (κ1) is 15.5. The minimum absolute atomic E-state index is 0.104. The van der Waals surface area contributed by atoms with Gasteiger partial charge in [-0.25, -0.2) is 0 Å². The molecule has 0 aliphatic rings. The van der Waals surface area contributed by atoms with Crippen LogP contribution >= 0.6 is 0 Å². The third-order valence-electron chi connectivity index (χ3n) is 2.46. The number of hydrogen-bond donors (Lipinski definition) is 1. The molecule has 0 fully saturated rings. The van der Waals surface area contributed by atoms with Gasteiger partial charge in [0.15, 0.2) is 0 Å². The third kappa shape index (κ3) is 5.77. The van der Waals surface area contributed by atoms with Crippen LogP contribution in [0, 0.1) is 5.41 Å². The lowest BCUT2D eigenvalue weighted by Gasteiger charge is -2.17. The molecule has 0 spiro atoms. The number of hydrogen-bond acceptors (Lipinski definition) is 1. The number of amides is 1. The topological polar surface area (TPSA) is 29.1 Å². The van der Waals surface area contributed by atoms with Crippen LogP contribution < -0.4 is 5.32 Å². The fourth-order valence-electron chi connectivity index (χ4n) is 1.56. The summed E-state index contributed by atoms with van der Waals surface area (Å²) < 4.78 is 37.0. The van der Waals surface area contributed by atoms with Crippen LogP contribution in [0.25, 0.3) is 0 Å². The zero-order chi connectivity index (χ0) is 14.7. The number of alkyl halides is 3. The van der Waals surface area contributed by atoms with Crippen LogP contribution in [0.3, 0.4) is 0 Å². The Morgan fingerprint density at radius 1 is 1.11 bits per heavy atom. The molecule has 0 heterocycles. The molecule has 2 nitrogen and oxygen atoms in total. The third-order valence-corrected chi connectivity index (χ3v) is 2.46. The van der Waals surface area contributed by atoms with Crippen LogP contribution in [0.4, 0.5) is 13.2 Å². The van der Waals surface area contributed by atoms with E-state index in [2.05, 4.69) is 5.32 Å². The summed E-state index contributed by atoms with van der Waals surface area (Å²) in [5, 5.41) is 2.69. The zero-order valence-electron chi connectivity index (χ0n) is 11.3. The van der Waals surface area contributed by atoms with Crippen LogP contribution in [-0.4, -0.2) is 5.91 Å². The van der Waals surface area contributed by atoms with Gasteiger partial charge in [-0.1, -0.05) is 32.9 Å². The van der Waals surface area contributed by atoms with Crippen molar-refractivity contribution < 1.29 is 18.0 Å². The maximum Gasteiger partial charge on any atom is 0.416 e. The molecule has 0 unspecified atom stereocenters. The summed E-state index contributed by atoms with van der Waals surface area (Å²) in [4.78, 5) is 11.6. The minimum atomic E-state index is -4.33. The van der Waals surface area contributed by atoms with E-state index in [-0.39, 0.29) is 17.9 Å². The second-order valence-electron chi connectivity index (χ2n) is 5.71. The SMILES string of the molecule is CC(C)(C)CC(=O)NCc1ccc(C(F)(F)F)cc1. The number of nitrogens with one attached hydrogen (secondary N) is 1. The number of halogens is 3. The molecule has 5 heteroatoms. The first-order valence-corrected chi connectivity index (χ1v) is 6.01. The van der Waals surface area contributed by atoms with Crippen molar-refractivity contribution in [3.63, 3.8) is 0 Å². The summed E-state index contributed by atoms with van der Waals surface area (Å²) in [6.45, 7) is 6.09. The Morgan fingerprint density at radius 3 is 2.05 bits per heavy atom. The van der Waals surface area contributed by atoms with Crippen LogP contribution in [-0.2, 0) is 17.5 Å². The van der Waals surface area contributed by atoms with Gasteiger partial charge in [-0.15, -0.1) is 0 Å². The van der Waals surface area contributed by atoms with Gasteiger partial charge in [0.2, 0.25) is 5.91 Å². The quantitative estimate of drug-likeness (QED) is 0.892. The molecule has 0 saturated carbocycles. The zero-order valence-corrected chi connectivity index (χ0v) is 11.3. The van der Waals surface area contributed by atoms with E-state index in [1.165, 1.54) is 12.1 Å². The number of carbonyl (C=O) groups is 1. The van der Waals surface area contributed by atoms with Gasteiger partial charge in [0.1, 0.15) is 0 Å². The molecule has 0 radical (unpaired) electrons. The highest BCUT2D eigenvalue weighted by molar-refractivity contribution is 5.76. The molecule has 0 aliphatic carbocycles. The van der Waals surface area contributed by atoms with E-state index in [1.54, 1.807) is 0 Å². The number of carbonyl (C=O) groups excluding carboxylic acids is 1. The van der Waals surface area contributed by atoms with Gasteiger partial charge in [0.05, 0.1) is 5.56 Å². The Bertz CT molecular complexity index is 429. The summed E-state index contributed by atoms with van der Waals surface area (Å²) >= 11 is 0. The normalized spacial score (nSPS) is 12.3. The van der Waals surface area contributed by atoms with Crippen LogP contribution in [0.2, 0.25) is 0 Å². The Labute approximate surface area is 111 Å². The molecule has 1 N–H and O–H groups in total. The van der Waals surface area contributed by atoms with E-state index in [4.69, 9.17) is 0 Å². The predicted octanol–water partition coefficient (Wildman–Crippen LogP) is 3.76. The summed E-state index contributed by atoms with van der Waals surface area (Å²) in [5.41, 5.74) is -0.142. The summed E-state index contributed by atoms with van der Waals surface area (Å²) in [7, 11) is 0. The van der Waals surface area contributed by atoms with Gasteiger partial charge in [0, 0.05) is 13.0 Å². The second-order valence-corrected chi connectivity index (χ2v) is 5.71. The summed E-state index contributed by atoms with van der Waals surface area (Å²) in [6.07, 6.45) is -3.94. The lowest BCUT2D eigenvalue weighted by Crippen LogP contribution is -2.27. The van der Waals surface area contributed by atoms with Gasteiger partial charge < -0.3 is 5.32 Å². The standard InChI is InChI=1S/C14H18F3NO/c1-13(2,3)8-12(19)18-9-10-4-6-11(7-5-10)14(15,16)17/h4-7H,8-9H2,1-3H3,(H,18,19). The van der Waals surface area contributed by atoms with Crippen LogP contribution in [0.5, 0.6) is 0 Å². The molecule has 1 rings (SSSR count). The molecule has 1 aromatic carbocycles. The minimum Gasteiger partial charge on any atom is -0.352 e.